The van der Waals surface area contributed by atoms with Gasteiger partial charge in [-0.05, 0) is 36.8 Å². The average Bonchev–Trinajstić information content (AvgIpc) is 2.44. The Morgan fingerprint density at radius 3 is 2.14 bits per heavy atom. The second-order valence-corrected chi connectivity index (χ2v) is 4.62. The van der Waals surface area contributed by atoms with Crippen LogP contribution in [-0.4, -0.2) is 5.91 Å². The van der Waals surface area contributed by atoms with Crippen LogP contribution in [0.5, 0.6) is 0 Å². The topological polar surface area (TPSA) is 55.1 Å². The molecule has 0 heterocycles. The molecule has 3 N–H and O–H groups in total. The first-order chi connectivity index (χ1) is 9.88. The van der Waals surface area contributed by atoms with E-state index in [1.807, 2.05) is 0 Å². The number of nitrogen functional groups attached to an aromatic ring is 1. The molecule has 1 amide bonds. The molecule has 1 atom stereocenters. The molecule has 0 fully saturated rings. The van der Waals surface area contributed by atoms with Crippen LogP contribution >= 0.6 is 0 Å². The summed E-state index contributed by atoms with van der Waals surface area (Å²) in [5.74, 6) is -5.10. The Morgan fingerprint density at radius 2 is 1.62 bits per heavy atom. The third-order valence-electron chi connectivity index (χ3n) is 3.03. The van der Waals surface area contributed by atoms with Gasteiger partial charge in [0, 0.05) is 11.3 Å². The van der Waals surface area contributed by atoms with E-state index in [0.717, 1.165) is 5.56 Å². The van der Waals surface area contributed by atoms with E-state index >= 15 is 0 Å². The molecule has 0 aliphatic carbocycles. The minimum atomic E-state index is -1.60. The van der Waals surface area contributed by atoms with E-state index in [-0.39, 0.29) is 5.56 Å². The number of hydrogen-bond acceptors (Lipinski definition) is 2. The van der Waals surface area contributed by atoms with Crippen LogP contribution < -0.4 is 11.1 Å². The van der Waals surface area contributed by atoms with Crippen LogP contribution in [0.15, 0.2) is 36.4 Å². The zero-order chi connectivity index (χ0) is 15.6. The third-order valence-corrected chi connectivity index (χ3v) is 3.03. The lowest BCUT2D eigenvalue weighted by molar-refractivity contribution is 0.0938. The summed E-state index contributed by atoms with van der Waals surface area (Å²) in [5.41, 5.74) is 6.64. The van der Waals surface area contributed by atoms with Gasteiger partial charge in [0.15, 0.2) is 17.5 Å². The minimum Gasteiger partial charge on any atom is -0.399 e. The van der Waals surface area contributed by atoms with Crippen molar-refractivity contribution < 1.29 is 18.0 Å². The molecule has 0 radical (unpaired) electrons. The molecule has 2 aromatic carbocycles. The minimum absolute atomic E-state index is 0.284. The van der Waals surface area contributed by atoms with Gasteiger partial charge in [0.05, 0.1) is 6.04 Å². The summed E-state index contributed by atoms with van der Waals surface area (Å²) in [7, 11) is 0. The largest absolute Gasteiger partial charge is 0.399 e. The number of rotatable bonds is 3. The van der Waals surface area contributed by atoms with Gasteiger partial charge in [0.25, 0.3) is 5.91 Å². The van der Waals surface area contributed by atoms with Gasteiger partial charge >= 0.3 is 0 Å². The van der Waals surface area contributed by atoms with E-state index in [9.17, 15) is 18.0 Å². The average molecular weight is 294 g/mol. The van der Waals surface area contributed by atoms with Crippen molar-refractivity contribution in [3.63, 3.8) is 0 Å². The first-order valence-electron chi connectivity index (χ1n) is 6.19. The maximum absolute atomic E-state index is 13.1. The predicted octanol–water partition coefficient (Wildman–Crippen LogP) is 3.18. The highest BCUT2D eigenvalue weighted by Gasteiger charge is 2.17. The van der Waals surface area contributed by atoms with Crippen molar-refractivity contribution in [3.8, 4) is 0 Å². The highest BCUT2D eigenvalue weighted by atomic mass is 19.2. The zero-order valence-electron chi connectivity index (χ0n) is 11.2. The molecule has 0 spiro atoms. The molecule has 0 aliphatic heterocycles. The molecule has 3 nitrogen and oxygen atoms in total. The summed E-state index contributed by atoms with van der Waals surface area (Å²) in [6, 6.07) is 7.73. The Hall–Kier alpha value is -2.50. The fourth-order valence-corrected chi connectivity index (χ4v) is 1.83. The van der Waals surface area contributed by atoms with Crippen molar-refractivity contribution >= 4 is 11.6 Å². The van der Waals surface area contributed by atoms with Gasteiger partial charge in [-0.3, -0.25) is 4.79 Å². The number of anilines is 1. The lowest BCUT2D eigenvalue weighted by Gasteiger charge is -2.14. The normalized spacial score (nSPS) is 12.0. The van der Waals surface area contributed by atoms with E-state index in [1.165, 1.54) is 0 Å². The van der Waals surface area contributed by atoms with Crippen molar-refractivity contribution in [2.24, 2.45) is 0 Å². The smallest absolute Gasteiger partial charge is 0.251 e. The molecule has 0 bridgehead atoms. The summed E-state index contributed by atoms with van der Waals surface area (Å²) < 4.78 is 39.0. The zero-order valence-corrected chi connectivity index (χ0v) is 11.2. The van der Waals surface area contributed by atoms with Gasteiger partial charge in [-0.25, -0.2) is 13.2 Å². The molecule has 21 heavy (non-hydrogen) atoms. The third kappa shape index (κ3) is 3.34. The van der Waals surface area contributed by atoms with Crippen LogP contribution in [0.4, 0.5) is 18.9 Å². The highest BCUT2D eigenvalue weighted by molar-refractivity contribution is 5.94. The number of benzene rings is 2. The number of halogens is 3. The number of carbonyl (C=O) groups excluding carboxylic acids is 1. The van der Waals surface area contributed by atoms with Crippen LogP contribution in [0.2, 0.25) is 0 Å². The number of nitrogens with two attached hydrogens (primary N) is 1. The molecular weight excluding hydrogens is 281 g/mol. The second kappa shape index (κ2) is 5.87. The SMILES string of the molecule is CC(NC(=O)c1cc(F)c(F)c(F)c1)c1ccc(N)cc1. The van der Waals surface area contributed by atoms with E-state index < -0.39 is 29.4 Å². The van der Waals surface area contributed by atoms with Crippen molar-refractivity contribution in [2.45, 2.75) is 13.0 Å². The molecule has 110 valence electrons. The second-order valence-electron chi connectivity index (χ2n) is 4.62. The van der Waals surface area contributed by atoms with E-state index in [4.69, 9.17) is 5.73 Å². The quantitative estimate of drug-likeness (QED) is 0.675. The van der Waals surface area contributed by atoms with Gasteiger partial charge in [0.2, 0.25) is 0 Å². The van der Waals surface area contributed by atoms with E-state index in [0.29, 0.717) is 17.8 Å². The molecule has 2 aromatic rings. The van der Waals surface area contributed by atoms with Crippen LogP contribution in [0.3, 0.4) is 0 Å². The Bertz CT molecular complexity index is 648. The number of nitrogens with one attached hydrogen (secondary N) is 1. The van der Waals surface area contributed by atoms with Gasteiger partial charge in [-0.15, -0.1) is 0 Å². The van der Waals surface area contributed by atoms with Crippen LogP contribution in [0, 0.1) is 17.5 Å². The fourth-order valence-electron chi connectivity index (χ4n) is 1.83. The Kier molecular flexibility index (Phi) is 4.16. The van der Waals surface area contributed by atoms with Crippen molar-refractivity contribution in [1.82, 2.24) is 5.32 Å². The number of carbonyl (C=O) groups is 1. The fraction of sp³-hybridized carbons (Fsp3) is 0.133. The van der Waals surface area contributed by atoms with Crippen LogP contribution in [0.25, 0.3) is 0 Å². The van der Waals surface area contributed by atoms with Gasteiger partial charge in [0.1, 0.15) is 0 Å². The monoisotopic (exact) mass is 294 g/mol. The summed E-state index contributed by atoms with van der Waals surface area (Å²) in [6.07, 6.45) is 0. The lowest BCUT2D eigenvalue weighted by Crippen LogP contribution is -2.27. The maximum atomic E-state index is 13.1. The standard InChI is InChI=1S/C15H13F3N2O/c1-8(9-2-4-11(19)5-3-9)20-15(21)10-6-12(16)14(18)13(17)7-10/h2-8H,19H2,1H3,(H,20,21). The van der Waals surface area contributed by atoms with Crippen molar-refractivity contribution in [2.75, 3.05) is 5.73 Å². The predicted molar refractivity (Wildman–Crippen MR) is 73.1 cm³/mol. The lowest BCUT2D eigenvalue weighted by atomic mass is 10.1. The molecule has 1 unspecified atom stereocenters. The molecule has 0 saturated carbocycles. The van der Waals surface area contributed by atoms with Gasteiger partial charge < -0.3 is 11.1 Å². The molecule has 0 saturated heterocycles. The Labute approximate surface area is 119 Å². The highest BCUT2D eigenvalue weighted by Crippen LogP contribution is 2.17. The first-order valence-corrected chi connectivity index (χ1v) is 6.19. The molecule has 0 aliphatic rings. The van der Waals surface area contributed by atoms with E-state index in [2.05, 4.69) is 5.32 Å². The van der Waals surface area contributed by atoms with Crippen LogP contribution in [-0.2, 0) is 0 Å². The molecular formula is C15H13F3N2O. The summed E-state index contributed by atoms with van der Waals surface area (Å²) in [6.45, 7) is 1.71. The summed E-state index contributed by atoms with van der Waals surface area (Å²) in [4.78, 5) is 11.9. The van der Waals surface area contributed by atoms with Crippen LogP contribution in [0.1, 0.15) is 28.9 Å². The maximum Gasteiger partial charge on any atom is 0.251 e. The van der Waals surface area contributed by atoms with E-state index in [1.54, 1.807) is 31.2 Å². The number of hydrogen-bond donors (Lipinski definition) is 2. The Balaban J connectivity index is 2.16. The number of amides is 1. The summed E-state index contributed by atoms with van der Waals surface area (Å²) >= 11 is 0. The molecule has 6 heteroatoms. The molecule has 2 rings (SSSR count). The van der Waals surface area contributed by atoms with Crippen molar-refractivity contribution in [1.29, 1.82) is 0 Å². The Morgan fingerprint density at radius 1 is 1.10 bits per heavy atom. The first kappa shape index (κ1) is 14.9. The van der Waals surface area contributed by atoms with Crippen molar-refractivity contribution in [3.05, 3.63) is 65.0 Å². The summed E-state index contributed by atoms with van der Waals surface area (Å²) in [5, 5.41) is 2.57. The van der Waals surface area contributed by atoms with Gasteiger partial charge in [-0.2, -0.15) is 0 Å². The van der Waals surface area contributed by atoms with Gasteiger partial charge in [-0.1, -0.05) is 12.1 Å². The molecule has 0 aromatic heterocycles.